The number of nitrogens with zero attached hydrogens (tertiary/aromatic N) is 1. The van der Waals surface area contributed by atoms with E-state index in [1.54, 1.807) is 12.1 Å². The number of pyridine rings is 1. The average molecular weight is 379 g/mol. The van der Waals surface area contributed by atoms with Crippen molar-refractivity contribution in [3.05, 3.63) is 29.0 Å². The first kappa shape index (κ1) is 19.0. The largest absolute Gasteiger partial charge is 0.352 e. The Morgan fingerprint density at radius 3 is 1.85 bits per heavy atom. The first-order chi connectivity index (χ1) is 12.6. The molecule has 142 valence electrons. The number of urea groups is 1. The zero-order valence-corrected chi connectivity index (χ0v) is 15.7. The van der Waals surface area contributed by atoms with Crippen LogP contribution in [0.2, 0.25) is 5.15 Å². The Morgan fingerprint density at radius 2 is 1.38 bits per heavy atom. The van der Waals surface area contributed by atoms with Crippen LogP contribution in [0.15, 0.2) is 18.3 Å². The van der Waals surface area contributed by atoms with Gasteiger partial charge in [-0.3, -0.25) is 4.79 Å². The van der Waals surface area contributed by atoms with Gasteiger partial charge in [-0.15, -0.1) is 0 Å². The third-order valence-corrected chi connectivity index (χ3v) is 5.53. The molecule has 0 bridgehead atoms. The first-order valence-corrected chi connectivity index (χ1v) is 9.89. The van der Waals surface area contributed by atoms with E-state index in [4.69, 9.17) is 11.6 Å². The van der Waals surface area contributed by atoms with Crippen molar-refractivity contribution in [2.24, 2.45) is 17.8 Å². The van der Waals surface area contributed by atoms with E-state index in [1.165, 1.54) is 19.0 Å². The lowest BCUT2D eigenvalue weighted by Gasteiger charge is -2.28. The molecule has 7 heteroatoms. The Labute approximate surface area is 159 Å². The average Bonchev–Trinajstić information content (AvgIpc) is 3.48. The van der Waals surface area contributed by atoms with E-state index in [-0.39, 0.29) is 11.9 Å². The first-order valence-electron chi connectivity index (χ1n) is 9.51. The minimum atomic E-state index is -0.106. The highest BCUT2D eigenvalue weighted by Gasteiger charge is 2.23. The van der Waals surface area contributed by atoms with Gasteiger partial charge in [-0.2, -0.15) is 0 Å². The maximum Gasteiger partial charge on any atom is 0.314 e. The quantitative estimate of drug-likeness (QED) is 0.638. The SMILES string of the molecule is O=C(NCC1CC1)NCC1CCC(CNC(=O)c2ccc(Cl)nc2)CC1. The zero-order chi connectivity index (χ0) is 18.4. The number of rotatable bonds is 7. The summed E-state index contributed by atoms with van der Waals surface area (Å²) in [6.45, 7) is 2.23. The number of hydrogen-bond acceptors (Lipinski definition) is 3. The van der Waals surface area contributed by atoms with Gasteiger partial charge in [0.05, 0.1) is 5.56 Å². The molecule has 3 rings (SSSR count). The maximum atomic E-state index is 12.1. The zero-order valence-electron chi connectivity index (χ0n) is 15.0. The summed E-state index contributed by atoms with van der Waals surface area (Å²) < 4.78 is 0. The van der Waals surface area contributed by atoms with Gasteiger partial charge in [-0.1, -0.05) is 11.6 Å². The molecule has 2 aliphatic carbocycles. The molecule has 1 aromatic rings. The van der Waals surface area contributed by atoms with E-state index >= 15 is 0 Å². The van der Waals surface area contributed by atoms with Gasteiger partial charge in [0, 0.05) is 25.8 Å². The second kappa shape index (κ2) is 9.21. The summed E-state index contributed by atoms with van der Waals surface area (Å²) in [5.41, 5.74) is 0.532. The van der Waals surface area contributed by atoms with Gasteiger partial charge >= 0.3 is 6.03 Å². The van der Waals surface area contributed by atoms with Crippen LogP contribution in [-0.2, 0) is 0 Å². The summed E-state index contributed by atoms with van der Waals surface area (Å²) in [4.78, 5) is 27.8. The molecule has 0 atom stereocenters. The molecule has 2 saturated carbocycles. The van der Waals surface area contributed by atoms with Gasteiger partial charge in [-0.25, -0.2) is 9.78 Å². The normalized spacial score (nSPS) is 22.5. The predicted molar refractivity (Wildman–Crippen MR) is 101 cm³/mol. The highest BCUT2D eigenvalue weighted by atomic mass is 35.5. The Bertz CT molecular complexity index is 610. The minimum Gasteiger partial charge on any atom is -0.352 e. The molecule has 0 aromatic carbocycles. The number of amides is 3. The van der Waals surface area contributed by atoms with Crippen molar-refractivity contribution in [1.82, 2.24) is 20.9 Å². The molecule has 3 N–H and O–H groups in total. The molecule has 0 saturated heterocycles. The Balaban J connectivity index is 1.29. The molecule has 0 unspecified atom stereocenters. The number of aromatic nitrogens is 1. The van der Waals surface area contributed by atoms with E-state index in [1.807, 2.05) is 0 Å². The van der Waals surface area contributed by atoms with Crippen LogP contribution < -0.4 is 16.0 Å². The van der Waals surface area contributed by atoms with E-state index in [2.05, 4.69) is 20.9 Å². The van der Waals surface area contributed by atoms with E-state index in [0.717, 1.165) is 38.8 Å². The second-order valence-corrected chi connectivity index (χ2v) is 7.89. The van der Waals surface area contributed by atoms with E-state index < -0.39 is 0 Å². The van der Waals surface area contributed by atoms with Crippen LogP contribution in [0.4, 0.5) is 4.79 Å². The van der Waals surface area contributed by atoms with Crippen LogP contribution in [0.1, 0.15) is 48.9 Å². The van der Waals surface area contributed by atoms with Crippen LogP contribution in [0, 0.1) is 17.8 Å². The van der Waals surface area contributed by atoms with Gasteiger partial charge in [0.25, 0.3) is 5.91 Å². The molecule has 26 heavy (non-hydrogen) atoms. The molecular formula is C19H27ClN4O2. The summed E-state index contributed by atoms with van der Waals surface area (Å²) in [6, 6.07) is 3.26. The molecule has 0 aliphatic heterocycles. The summed E-state index contributed by atoms with van der Waals surface area (Å²) in [7, 11) is 0. The third-order valence-electron chi connectivity index (χ3n) is 5.31. The van der Waals surface area contributed by atoms with Gasteiger partial charge in [-0.05, 0) is 68.4 Å². The van der Waals surface area contributed by atoms with Crippen molar-refractivity contribution in [1.29, 1.82) is 0 Å². The van der Waals surface area contributed by atoms with Crippen LogP contribution in [0.3, 0.4) is 0 Å². The summed E-state index contributed by atoms with van der Waals surface area (Å²) in [5.74, 6) is 1.63. The van der Waals surface area contributed by atoms with Gasteiger partial charge in [0.2, 0.25) is 0 Å². The number of hydrogen-bond donors (Lipinski definition) is 3. The lowest BCUT2D eigenvalue weighted by Crippen LogP contribution is -2.40. The smallest absolute Gasteiger partial charge is 0.314 e. The molecule has 3 amide bonds. The fourth-order valence-corrected chi connectivity index (χ4v) is 3.46. The predicted octanol–water partition coefficient (Wildman–Crippen LogP) is 2.98. The Kier molecular flexibility index (Phi) is 6.72. The Hall–Kier alpha value is -1.82. The minimum absolute atomic E-state index is 0.0390. The van der Waals surface area contributed by atoms with Crippen LogP contribution in [-0.4, -0.2) is 36.6 Å². The van der Waals surface area contributed by atoms with Crippen LogP contribution in [0.25, 0.3) is 0 Å². The molecule has 1 aromatic heterocycles. The van der Waals surface area contributed by atoms with Crippen molar-refractivity contribution < 1.29 is 9.59 Å². The number of nitrogens with one attached hydrogen (secondary N) is 3. The van der Waals surface area contributed by atoms with Crippen molar-refractivity contribution in [2.45, 2.75) is 38.5 Å². The number of halogens is 1. The van der Waals surface area contributed by atoms with Crippen molar-refractivity contribution >= 4 is 23.5 Å². The lowest BCUT2D eigenvalue weighted by molar-refractivity contribution is 0.0941. The van der Waals surface area contributed by atoms with Crippen molar-refractivity contribution in [3.8, 4) is 0 Å². The van der Waals surface area contributed by atoms with Gasteiger partial charge in [0.1, 0.15) is 5.15 Å². The van der Waals surface area contributed by atoms with Gasteiger partial charge < -0.3 is 16.0 Å². The van der Waals surface area contributed by atoms with E-state index in [9.17, 15) is 9.59 Å². The van der Waals surface area contributed by atoms with E-state index in [0.29, 0.717) is 35.0 Å². The molecular weight excluding hydrogens is 352 g/mol. The fraction of sp³-hybridized carbons (Fsp3) is 0.632. The second-order valence-electron chi connectivity index (χ2n) is 7.50. The molecule has 2 fully saturated rings. The Morgan fingerprint density at radius 1 is 0.885 bits per heavy atom. The van der Waals surface area contributed by atoms with Crippen LogP contribution in [0.5, 0.6) is 0 Å². The monoisotopic (exact) mass is 378 g/mol. The van der Waals surface area contributed by atoms with Crippen molar-refractivity contribution in [2.75, 3.05) is 19.6 Å². The van der Waals surface area contributed by atoms with Crippen LogP contribution >= 0.6 is 11.6 Å². The maximum absolute atomic E-state index is 12.1. The highest BCUT2D eigenvalue weighted by Crippen LogP contribution is 2.28. The van der Waals surface area contributed by atoms with Crippen molar-refractivity contribution in [3.63, 3.8) is 0 Å². The molecule has 0 spiro atoms. The molecule has 1 heterocycles. The highest BCUT2D eigenvalue weighted by molar-refractivity contribution is 6.29. The molecule has 0 radical (unpaired) electrons. The summed E-state index contributed by atoms with van der Waals surface area (Å²) in [5, 5.41) is 9.29. The third kappa shape index (κ3) is 6.16. The lowest BCUT2D eigenvalue weighted by atomic mass is 9.82. The summed E-state index contributed by atoms with van der Waals surface area (Å²) >= 11 is 5.74. The number of carbonyl (C=O) groups excluding carboxylic acids is 2. The summed E-state index contributed by atoms with van der Waals surface area (Å²) in [6.07, 6.45) is 8.32. The topological polar surface area (TPSA) is 83.1 Å². The molecule has 6 nitrogen and oxygen atoms in total. The fourth-order valence-electron chi connectivity index (χ4n) is 3.35. The molecule has 2 aliphatic rings. The standard InChI is InChI=1S/C19H27ClN4O2/c20-17-8-7-16(12-21-17)18(25)22-9-13-1-3-14(4-2-13)10-23-19(26)24-11-15-5-6-15/h7-8,12-15H,1-6,9-11H2,(H,22,25)(H2,23,24,26). The van der Waals surface area contributed by atoms with Gasteiger partial charge in [0.15, 0.2) is 0 Å². The number of carbonyl (C=O) groups is 2.